The van der Waals surface area contributed by atoms with Crippen molar-refractivity contribution in [2.45, 2.75) is 52.0 Å². The van der Waals surface area contributed by atoms with Gasteiger partial charge in [0.1, 0.15) is 0 Å². The average molecular weight is 351 g/mol. The molecule has 1 atom stereocenters. The van der Waals surface area contributed by atoms with Crippen LogP contribution in [0.5, 0.6) is 0 Å². The molecular formula is C15H38N2O3Si2. The molecule has 0 saturated carbocycles. The lowest BCUT2D eigenvalue weighted by molar-refractivity contribution is 0.111. The first-order valence-corrected chi connectivity index (χ1v) is 12.2. The Morgan fingerprint density at radius 1 is 0.818 bits per heavy atom. The fourth-order valence-electron chi connectivity index (χ4n) is 3.19. The molecule has 1 unspecified atom stereocenters. The lowest BCUT2D eigenvalue weighted by atomic mass is 10.5. The van der Waals surface area contributed by atoms with Gasteiger partial charge in [0.2, 0.25) is 0 Å². The summed E-state index contributed by atoms with van der Waals surface area (Å²) >= 11 is 0. The molecule has 0 rings (SSSR count). The van der Waals surface area contributed by atoms with Crippen LogP contribution in [0, 0.1) is 0 Å². The first-order valence-electron chi connectivity index (χ1n) is 8.60. The molecular weight excluding hydrogens is 312 g/mol. The van der Waals surface area contributed by atoms with Gasteiger partial charge < -0.3 is 13.3 Å². The third kappa shape index (κ3) is 6.39. The van der Waals surface area contributed by atoms with E-state index in [4.69, 9.17) is 13.3 Å². The largest absolute Gasteiger partial charge is 0.500 e. The van der Waals surface area contributed by atoms with Gasteiger partial charge in [-0.05, 0) is 31.7 Å². The van der Waals surface area contributed by atoms with Crippen molar-refractivity contribution >= 4 is 18.3 Å². The van der Waals surface area contributed by atoms with Gasteiger partial charge in [-0.2, -0.15) is 0 Å². The molecule has 5 nitrogen and oxygen atoms in total. The van der Waals surface area contributed by atoms with Gasteiger partial charge >= 0.3 is 8.80 Å². The van der Waals surface area contributed by atoms with Crippen molar-refractivity contribution in [3.63, 3.8) is 0 Å². The summed E-state index contributed by atoms with van der Waals surface area (Å²) in [5.41, 5.74) is 0.623. The highest BCUT2D eigenvalue weighted by Gasteiger charge is 2.40. The summed E-state index contributed by atoms with van der Waals surface area (Å²) in [4.78, 5) is 5.21. The second kappa shape index (κ2) is 11.7. The minimum Gasteiger partial charge on any atom is -0.377 e. The van der Waals surface area contributed by atoms with E-state index in [1.54, 1.807) is 21.3 Å². The average Bonchev–Trinajstić information content (AvgIpc) is 2.54. The van der Waals surface area contributed by atoms with Crippen LogP contribution < -0.4 is 0 Å². The van der Waals surface area contributed by atoms with E-state index in [9.17, 15) is 0 Å². The van der Waals surface area contributed by atoms with Crippen LogP contribution in [0.2, 0.25) is 11.6 Å². The summed E-state index contributed by atoms with van der Waals surface area (Å²) in [5.74, 6) is 0.609. The summed E-state index contributed by atoms with van der Waals surface area (Å²) in [6, 6.07) is 0.918. The Bertz CT molecular complexity index is 253. The van der Waals surface area contributed by atoms with Crippen LogP contribution in [-0.2, 0) is 13.3 Å². The van der Waals surface area contributed by atoms with E-state index in [0.717, 1.165) is 32.2 Å². The van der Waals surface area contributed by atoms with Crippen molar-refractivity contribution in [3.05, 3.63) is 0 Å². The lowest BCUT2D eigenvalue weighted by Crippen LogP contribution is -2.53. The van der Waals surface area contributed by atoms with Crippen molar-refractivity contribution in [2.24, 2.45) is 0 Å². The molecule has 134 valence electrons. The SMILES string of the molecule is CCN(CC)C([SiH2]C(C)C[Si](OC)(OC)OC)N(CC)CC. The van der Waals surface area contributed by atoms with Gasteiger partial charge in [0.15, 0.2) is 0 Å². The molecule has 0 aromatic carbocycles. The van der Waals surface area contributed by atoms with Crippen LogP contribution in [0.25, 0.3) is 0 Å². The number of nitrogens with zero attached hydrogens (tertiary/aromatic N) is 2. The van der Waals surface area contributed by atoms with E-state index < -0.39 is 8.80 Å². The molecule has 0 aliphatic heterocycles. The molecule has 0 heterocycles. The number of hydrogen-bond donors (Lipinski definition) is 0. The molecule has 7 heteroatoms. The van der Waals surface area contributed by atoms with E-state index in [2.05, 4.69) is 44.4 Å². The Morgan fingerprint density at radius 2 is 1.18 bits per heavy atom. The van der Waals surface area contributed by atoms with Gasteiger partial charge in [-0.15, -0.1) is 0 Å². The maximum Gasteiger partial charge on any atom is 0.500 e. The van der Waals surface area contributed by atoms with E-state index in [0.29, 0.717) is 11.3 Å². The summed E-state index contributed by atoms with van der Waals surface area (Å²) < 4.78 is 16.8. The highest BCUT2D eigenvalue weighted by atomic mass is 28.4. The Hall–Kier alpha value is 0.234. The first kappa shape index (κ1) is 22.2. The number of hydrogen-bond acceptors (Lipinski definition) is 5. The lowest BCUT2D eigenvalue weighted by Gasteiger charge is -2.40. The fourth-order valence-corrected chi connectivity index (χ4v) is 9.12. The van der Waals surface area contributed by atoms with Gasteiger partial charge in [0.25, 0.3) is 0 Å². The molecule has 0 aliphatic rings. The van der Waals surface area contributed by atoms with Gasteiger partial charge in [0.05, 0.1) is 9.52 Å². The maximum atomic E-state index is 5.60. The van der Waals surface area contributed by atoms with Crippen molar-refractivity contribution < 1.29 is 13.3 Å². The van der Waals surface area contributed by atoms with Crippen molar-refractivity contribution in [1.29, 1.82) is 0 Å². The summed E-state index contributed by atoms with van der Waals surface area (Å²) in [7, 11) is 2.31. The predicted molar refractivity (Wildman–Crippen MR) is 99.2 cm³/mol. The monoisotopic (exact) mass is 350 g/mol. The van der Waals surface area contributed by atoms with Crippen LogP contribution in [-0.4, -0.2) is 81.4 Å². The summed E-state index contributed by atoms with van der Waals surface area (Å²) in [6.07, 6.45) is 0. The highest BCUT2D eigenvalue weighted by Crippen LogP contribution is 2.24. The van der Waals surface area contributed by atoms with E-state index >= 15 is 0 Å². The van der Waals surface area contributed by atoms with Crippen molar-refractivity contribution in [1.82, 2.24) is 9.80 Å². The van der Waals surface area contributed by atoms with Crippen LogP contribution in [0.15, 0.2) is 0 Å². The normalized spacial score (nSPS) is 14.9. The molecule has 0 bridgehead atoms. The zero-order valence-corrected chi connectivity index (χ0v) is 18.4. The van der Waals surface area contributed by atoms with E-state index in [1.807, 2.05) is 0 Å². The summed E-state index contributed by atoms with van der Waals surface area (Å²) in [5, 5.41) is 0. The molecule has 0 radical (unpaired) electrons. The predicted octanol–water partition coefficient (Wildman–Crippen LogP) is 1.81. The van der Waals surface area contributed by atoms with Crippen LogP contribution in [0.4, 0.5) is 0 Å². The topological polar surface area (TPSA) is 34.2 Å². The third-order valence-corrected chi connectivity index (χ3v) is 10.8. The van der Waals surface area contributed by atoms with Gasteiger partial charge in [-0.1, -0.05) is 34.6 Å². The molecule has 0 aromatic rings. The van der Waals surface area contributed by atoms with Gasteiger partial charge in [-0.3, -0.25) is 9.80 Å². The second-order valence-electron chi connectivity index (χ2n) is 5.76. The fraction of sp³-hybridized carbons (Fsp3) is 1.00. The van der Waals surface area contributed by atoms with Gasteiger partial charge in [-0.25, -0.2) is 0 Å². The first-order chi connectivity index (χ1) is 10.5. The minimum absolute atomic E-state index is 0.350. The van der Waals surface area contributed by atoms with E-state index in [1.165, 1.54) is 0 Å². The van der Waals surface area contributed by atoms with Crippen LogP contribution >= 0.6 is 0 Å². The molecule has 22 heavy (non-hydrogen) atoms. The Morgan fingerprint density at radius 3 is 1.45 bits per heavy atom. The Kier molecular flexibility index (Phi) is 11.8. The second-order valence-corrected chi connectivity index (χ2v) is 11.4. The zero-order chi connectivity index (χ0) is 17.2. The van der Waals surface area contributed by atoms with Crippen molar-refractivity contribution in [2.75, 3.05) is 47.5 Å². The third-order valence-electron chi connectivity index (χ3n) is 4.61. The Balaban J connectivity index is 4.97. The molecule has 0 amide bonds. The minimum atomic E-state index is -2.46. The molecule has 0 aliphatic carbocycles. The van der Waals surface area contributed by atoms with Crippen LogP contribution in [0.1, 0.15) is 34.6 Å². The quantitative estimate of drug-likeness (QED) is 0.374. The molecule has 0 spiro atoms. The maximum absolute atomic E-state index is 5.60. The molecule has 0 saturated heterocycles. The van der Waals surface area contributed by atoms with Gasteiger partial charge in [0, 0.05) is 33.2 Å². The van der Waals surface area contributed by atoms with Crippen molar-refractivity contribution in [3.8, 4) is 0 Å². The molecule has 0 aromatic heterocycles. The standard InChI is InChI=1S/C15H38N2O3Si2/c1-9-16(10-2)15(17(11-3)12-4)21-14(5)13-22(18-6,19-7)20-8/h14-15H,9-13,21H2,1-8H3. The Labute approximate surface area is 141 Å². The highest BCUT2D eigenvalue weighted by molar-refractivity contribution is 6.62. The van der Waals surface area contributed by atoms with Crippen LogP contribution in [0.3, 0.4) is 0 Å². The molecule has 0 fully saturated rings. The number of rotatable bonds is 13. The van der Waals surface area contributed by atoms with E-state index in [-0.39, 0.29) is 9.52 Å². The summed E-state index contributed by atoms with van der Waals surface area (Å²) in [6.45, 7) is 15.8. The molecule has 0 N–H and O–H groups in total. The zero-order valence-electron chi connectivity index (χ0n) is 16.0. The smallest absolute Gasteiger partial charge is 0.377 e.